The molecule has 0 unspecified atom stereocenters. The molecule has 30 heavy (non-hydrogen) atoms. The van der Waals surface area contributed by atoms with Gasteiger partial charge in [-0.05, 0) is 50.6 Å². The fourth-order valence-electron chi connectivity index (χ4n) is 2.15. The lowest BCUT2D eigenvalue weighted by Gasteiger charge is -2.26. The molecule has 0 bridgehead atoms. The van der Waals surface area contributed by atoms with Crippen LogP contribution in [0.2, 0.25) is 0 Å². The summed E-state index contributed by atoms with van der Waals surface area (Å²) >= 11 is 0. The van der Waals surface area contributed by atoms with Crippen molar-refractivity contribution in [2.75, 3.05) is 6.61 Å². The van der Waals surface area contributed by atoms with Crippen LogP contribution in [0.5, 0.6) is 17.2 Å². The largest absolute Gasteiger partial charge is 0.573 e. The highest BCUT2D eigenvalue weighted by atomic mass is 19.4. The van der Waals surface area contributed by atoms with Gasteiger partial charge in [-0.2, -0.15) is 0 Å². The van der Waals surface area contributed by atoms with Crippen LogP contribution in [-0.4, -0.2) is 30.5 Å². The summed E-state index contributed by atoms with van der Waals surface area (Å²) in [5.74, 6) is -2.33. The smallest absolute Gasteiger partial charge is 0.484 e. The van der Waals surface area contributed by atoms with E-state index < -0.39 is 36.3 Å². The Morgan fingerprint density at radius 2 is 1.60 bits per heavy atom. The molecule has 0 atom stereocenters. The molecular weight excluding hydrogens is 405 g/mol. The lowest BCUT2D eigenvalue weighted by Crippen LogP contribution is -2.28. The molecule has 0 aromatic heterocycles. The molecule has 0 saturated carbocycles. The first kappa shape index (κ1) is 23.1. The van der Waals surface area contributed by atoms with Crippen LogP contribution in [0.25, 0.3) is 0 Å². The number of carbonyl (C=O) groups excluding carboxylic acids is 2. The van der Waals surface area contributed by atoms with Crippen LogP contribution >= 0.6 is 0 Å². The van der Waals surface area contributed by atoms with Gasteiger partial charge in [-0.25, -0.2) is 9.59 Å². The van der Waals surface area contributed by atoms with E-state index in [0.717, 1.165) is 18.2 Å². The van der Waals surface area contributed by atoms with Crippen LogP contribution in [0.1, 0.15) is 37.6 Å². The summed E-state index contributed by atoms with van der Waals surface area (Å²) in [5.41, 5.74) is -0.926. The number of carbonyl (C=O) groups is 2. The predicted octanol–water partition coefficient (Wildman–Crippen LogP) is 4.92. The molecule has 0 amide bonds. The van der Waals surface area contributed by atoms with Gasteiger partial charge in [0.2, 0.25) is 0 Å². The molecule has 0 heterocycles. The number of halogens is 3. The number of ether oxygens (including phenoxy) is 4. The Morgan fingerprint density at radius 1 is 0.933 bits per heavy atom. The van der Waals surface area contributed by atoms with E-state index in [1.54, 1.807) is 51.1 Å². The summed E-state index contributed by atoms with van der Waals surface area (Å²) in [7, 11) is 0. The van der Waals surface area contributed by atoms with Gasteiger partial charge in [0.15, 0.2) is 18.1 Å². The maximum absolute atomic E-state index is 12.7. The zero-order chi connectivity index (χ0) is 22.4. The van der Waals surface area contributed by atoms with Crippen molar-refractivity contribution in [3.8, 4) is 17.2 Å². The summed E-state index contributed by atoms with van der Waals surface area (Å²) in [6.45, 7) is 4.47. The molecule has 162 valence electrons. The van der Waals surface area contributed by atoms with Crippen LogP contribution in [0, 0.1) is 0 Å². The lowest BCUT2D eigenvalue weighted by molar-refractivity contribution is -0.275. The fourth-order valence-corrected chi connectivity index (χ4v) is 2.15. The molecule has 0 radical (unpaired) electrons. The Labute approximate surface area is 171 Å². The molecule has 6 nitrogen and oxygen atoms in total. The number of hydrogen-bond acceptors (Lipinski definition) is 6. The minimum Gasteiger partial charge on any atom is -0.484 e. The van der Waals surface area contributed by atoms with Crippen molar-refractivity contribution in [2.45, 2.75) is 39.2 Å². The van der Waals surface area contributed by atoms with Gasteiger partial charge in [-0.1, -0.05) is 25.1 Å². The Hall–Kier alpha value is -3.23. The number of hydrogen-bond donors (Lipinski definition) is 0. The average Bonchev–Trinajstić information content (AvgIpc) is 2.67. The van der Waals surface area contributed by atoms with Gasteiger partial charge >= 0.3 is 18.3 Å². The maximum Gasteiger partial charge on any atom is 0.573 e. The van der Waals surface area contributed by atoms with Crippen LogP contribution in [-0.2, 0) is 9.53 Å². The number of benzene rings is 2. The van der Waals surface area contributed by atoms with E-state index in [1.807, 2.05) is 0 Å². The number of rotatable bonds is 8. The maximum atomic E-state index is 12.7. The molecule has 0 aliphatic rings. The van der Waals surface area contributed by atoms with Crippen LogP contribution in [0.15, 0.2) is 48.5 Å². The minimum atomic E-state index is -4.93. The summed E-state index contributed by atoms with van der Waals surface area (Å²) in [6, 6.07) is 11.3. The van der Waals surface area contributed by atoms with Crippen molar-refractivity contribution in [3.63, 3.8) is 0 Å². The fraction of sp³-hybridized carbons (Fsp3) is 0.333. The molecule has 2 aromatic rings. The van der Waals surface area contributed by atoms with Crippen molar-refractivity contribution in [1.82, 2.24) is 0 Å². The van der Waals surface area contributed by atoms with Crippen molar-refractivity contribution in [1.29, 1.82) is 0 Å². The predicted molar refractivity (Wildman–Crippen MR) is 100 cm³/mol. The summed E-state index contributed by atoms with van der Waals surface area (Å²) < 4.78 is 57.4. The monoisotopic (exact) mass is 426 g/mol. The molecule has 0 saturated heterocycles. The Bertz CT molecular complexity index is 878. The second kappa shape index (κ2) is 9.51. The average molecular weight is 426 g/mol. The molecule has 2 aromatic carbocycles. The van der Waals surface area contributed by atoms with Crippen LogP contribution < -0.4 is 14.2 Å². The molecule has 0 aliphatic carbocycles. The van der Waals surface area contributed by atoms with E-state index >= 15 is 0 Å². The van der Waals surface area contributed by atoms with E-state index in [1.165, 1.54) is 0 Å². The van der Waals surface area contributed by atoms with E-state index in [2.05, 4.69) is 4.74 Å². The first-order chi connectivity index (χ1) is 14.0. The Balaban J connectivity index is 2.11. The topological polar surface area (TPSA) is 71.1 Å². The highest BCUT2D eigenvalue weighted by Crippen LogP contribution is 2.36. The van der Waals surface area contributed by atoms with Gasteiger partial charge in [0.1, 0.15) is 11.4 Å². The zero-order valence-corrected chi connectivity index (χ0v) is 16.6. The number of alkyl halides is 3. The van der Waals surface area contributed by atoms with Crippen molar-refractivity contribution < 1.29 is 41.7 Å². The lowest BCUT2D eigenvalue weighted by atomic mass is 10.1. The van der Waals surface area contributed by atoms with Crippen molar-refractivity contribution >= 4 is 11.9 Å². The molecule has 0 fully saturated rings. The number of para-hydroxylation sites is 1. The minimum absolute atomic E-state index is 0.112. The van der Waals surface area contributed by atoms with E-state index in [-0.39, 0.29) is 17.1 Å². The molecule has 0 aliphatic heterocycles. The number of esters is 2. The second-order valence-corrected chi connectivity index (χ2v) is 6.79. The van der Waals surface area contributed by atoms with Crippen LogP contribution in [0.3, 0.4) is 0 Å². The standard InChI is InChI=1S/C21H21F3O6/c1-4-20(2,3)29-17-12-14(10-11-16(17)30-21(22,23)24)19(26)27-13-18(25)28-15-8-6-5-7-9-15/h5-12H,4,13H2,1-3H3. The first-order valence-electron chi connectivity index (χ1n) is 9.01. The SMILES string of the molecule is CCC(C)(C)Oc1cc(C(=O)OCC(=O)Oc2ccccc2)ccc1OC(F)(F)F. The van der Waals surface area contributed by atoms with E-state index in [4.69, 9.17) is 14.2 Å². The van der Waals surface area contributed by atoms with Gasteiger partial charge in [0.25, 0.3) is 0 Å². The van der Waals surface area contributed by atoms with Gasteiger partial charge in [-0.15, -0.1) is 13.2 Å². The van der Waals surface area contributed by atoms with Crippen LogP contribution in [0.4, 0.5) is 13.2 Å². The van der Waals surface area contributed by atoms with Crippen molar-refractivity contribution in [2.24, 2.45) is 0 Å². The van der Waals surface area contributed by atoms with E-state index in [0.29, 0.717) is 6.42 Å². The third-order valence-electron chi connectivity index (χ3n) is 3.94. The molecule has 9 heteroatoms. The van der Waals surface area contributed by atoms with Gasteiger partial charge in [0, 0.05) is 0 Å². The highest BCUT2D eigenvalue weighted by Gasteiger charge is 2.33. The molecule has 0 spiro atoms. The first-order valence-corrected chi connectivity index (χ1v) is 9.01. The molecular formula is C21H21F3O6. The normalized spacial score (nSPS) is 11.5. The van der Waals surface area contributed by atoms with Gasteiger partial charge in [-0.3, -0.25) is 0 Å². The van der Waals surface area contributed by atoms with E-state index in [9.17, 15) is 22.8 Å². The quantitative estimate of drug-likeness (QED) is 0.441. The second-order valence-electron chi connectivity index (χ2n) is 6.79. The Kier molecular flexibility index (Phi) is 7.31. The molecule has 2 rings (SSSR count). The van der Waals surface area contributed by atoms with Crippen molar-refractivity contribution in [3.05, 3.63) is 54.1 Å². The summed E-state index contributed by atoms with van der Waals surface area (Å²) in [6.07, 6.45) is -4.45. The van der Waals surface area contributed by atoms with Gasteiger partial charge in [0.05, 0.1) is 5.56 Å². The summed E-state index contributed by atoms with van der Waals surface area (Å²) in [4.78, 5) is 24.0. The Morgan fingerprint density at radius 3 is 2.20 bits per heavy atom. The zero-order valence-electron chi connectivity index (χ0n) is 16.6. The summed E-state index contributed by atoms with van der Waals surface area (Å²) in [5, 5.41) is 0. The van der Waals surface area contributed by atoms with Gasteiger partial charge < -0.3 is 18.9 Å². The third-order valence-corrected chi connectivity index (χ3v) is 3.94. The third kappa shape index (κ3) is 7.31. The molecule has 0 N–H and O–H groups in total. The highest BCUT2D eigenvalue weighted by molar-refractivity contribution is 5.91.